The summed E-state index contributed by atoms with van der Waals surface area (Å²) in [6, 6.07) is 9.66. The zero-order valence-electron chi connectivity index (χ0n) is 19.6. The molecule has 1 aromatic carbocycles. The number of benzene rings is 1. The zero-order valence-corrected chi connectivity index (χ0v) is 19.6. The maximum Gasteiger partial charge on any atom is 0.231 e. The Bertz CT molecular complexity index is 729. The van der Waals surface area contributed by atoms with Crippen molar-refractivity contribution in [2.24, 2.45) is 10.7 Å². The summed E-state index contributed by atoms with van der Waals surface area (Å²) in [6.07, 6.45) is 6.98. The summed E-state index contributed by atoms with van der Waals surface area (Å²) in [4.78, 5) is 18.4. The van der Waals surface area contributed by atoms with Gasteiger partial charge in [-0.05, 0) is 49.7 Å². The Morgan fingerprint density at radius 1 is 1.19 bits per heavy atom. The van der Waals surface area contributed by atoms with E-state index in [1.165, 1.54) is 36.8 Å². The standard InChI is InChI=1S/C25H41N5O/c1-4-27-24(29-22-11-15-30(16-12-22)17-23(26)31)28-18-25(13-5-6-14-25)21-9-7-20(8-10-21)19(2)3/h7-10,19,22H,4-6,11-18H2,1-3H3,(H2,26,31)(H2,27,28,29). The second-order valence-electron chi connectivity index (χ2n) is 9.62. The fraction of sp³-hybridized carbons (Fsp3) is 0.680. The minimum atomic E-state index is -0.246. The normalized spacial score (nSPS) is 20.2. The van der Waals surface area contributed by atoms with Gasteiger partial charge in [0.2, 0.25) is 5.91 Å². The maximum atomic E-state index is 11.2. The molecule has 0 bridgehead atoms. The van der Waals surface area contributed by atoms with Gasteiger partial charge >= 0.3 is 0 Å². The minimum absolute atomic E-state index is 0.155. The summed E-state index contributed by atoms with van der Waals surface area (Å²) in [5, 5.41) is 7.08. The third kappa shape index (κ3) is 6.45. The molecule has 6 heteroatoms. The van der Waals surface area contributed by atoms with Gasteiger partial charge in [0.1, 0.15) is 0 Å². The van der Waals surface area contributed by atoms with E-state index >= 15 is 0 Å². The lowest BCUT2D eigenvalue weighted by Crippen LogP contribution is -2.50. The molecule has 31 heavy (non-hydrogen) atoms. The first-order chi connectivity index (χ1) is 14.9. The largest absolute Gasteiger partial charge is 0.369 e. The molecule has 3 rings (SSSR count). The number of rotatable bonds is 8. The van der Waals surface area contributed by atoms with Crippen LogP contribution in [0.2, 0.25) is 0 Å². The van der Waals surface area contributed by atoms with Crippen molar-refractivity contribution in [1.29, 1.82) is 0 Å². The molecular formula is C25H41N5O. The van der Waals surface area contributed by atoms with Gasteiger partial charge in [0.15, 0.2) is 5.96 Å². The highest BCUT2D eigenvalue weighted by molar-refractivity contribution is 5.80. The van der Waals surface area contributed by atoms with E-state index in [9.17, 15) is 4.79 Å². The van der Waals surface area contributed by atoms with Crippen LogP contribution in [0.3, 0.4) is 0 Å². The van der Waals surface area contributed by atoms with Gasteiger partial charge < -0.3 is 16.4 Å². The van der Waals surface area contributed by atoms with Crippen LogP contribution in [0.25, 0.3) is 0 Å². The number of guanidine groups is 1. The van der Waals surface area contributed by atoms with Crippen molar-refractivity contribution < 1.29 is 4.79 Å². The monoisotopic (exact) mass is 427 g/mol. The Morgan fingerprint density at radius 3 is 2.39 bits per heavy atom. The van der Waals surface area contributed by atoms with E-state index < -0.39 is 0 Å². The number of nitrogens with two attached hydrogens (primary N) is 1. The van der Waals surface area contributed by atoms with Crippen molar-refractivity contribution in [1.82, 2.24) is 15.5 Å². The molecule has 0 atom stereocenters. The average molecular weight is 428 g/mol. The number of carbonyl (C=O) groups excluding carboxylic acids is 1. The molecule has 0 unspecified atom stereocenters. The number of carbonyl (C=O) groups is 1. The van der Waals surface area contributed by atoms with E-state index in [1.54, 1.807) is 0 Å². The minimum Gasteiger partial charge on any atom is -0.369 e. The number of piperidine rings is 1. The Hall–Kier alpha value is -2.08. The average Bonchev–Trinajstić information content (AvgIpc) is 3.23. The Labute approximate surface area is 188 Å². The maximum absolute atomic E-state index is 11.2. The zero-order chi connectivity index (χ0) is 22.3. The summed E-state index contributed by atoms with van der Waals surface area (Å²) in [5.41, 5.74) is 8.33. The molecule has 1 saturated heterocycles. The topological polar surface area (TPSA) is 82.8 Å². The van der Waals surface area contributed by atoms with Gasteiger partial charge in [-0.25, -0.2) is 0 Å². The van der Waals surface area contributed by atoms with Gasteiger partial charge in [-0.1, -0.05) is 51.0 Å². The van der Waals surface area contributed by atoms with Gasteiger partial charge in [0.05, 0.1) is 13.1 Å². The lowest BCUT2D eigenvalue weighted by molar-refractivity contribution is -0.119. The number of hydrogen-bond acceptors (Lipinski definition) is 3. The lowest BCUT2D eigenvalue weighted by atomic mass is 9.78. The molecule has 1 heterocycles. The Balaban J connectivity index is 1.65. The van der Waals surface area contributed by atoms with Crippen molar-refractivity contribution in [3.05, 3.63) is 35.4 Å². The fourth-order valence-electron chi connectivity index (χ4n) is 5.01. The van der Waals surface area contributed by atoms with Crippen molar-refractivity contribution in [2.75, 3.05) is 32.7 Å². The SMILES string of the molecule is CCNC(=NCC1(c2ccc(C(C)C)cc2)CCCC1)NC1CCN(CC(N)=O)CC1. The first-order valence-corrected chi connectivity index (χ1v) is 12.1. The van der Waals surface area contributed by atoms with E-state index in [4.69, 9.17) is 10.7 Å². The molecule has 172 valence electrons. The first kappa shape index (κ1) is 23.6. The summed E-state index contributed by atoms with van der Waals surface area (Å²) in [5.74, 6) is 1.23. The second kappa shape index (κ2) is 11.0. The molecule has 0 spiro atoms. The van der Waals surface area contributed by atoms with Crippen LogP contribution in [-0.2, 0) is 10.2 Å². The number of likely N-dealkylation sites (tertiary alicyclic amines) is 1. The highest BCUT2D eigenvalue weighted by Gasteiger charge is 2.35. The smallest absolute Gasteiger partial charge is 0.231 e. The van der Waals surface area contributed by atoms with E-state index in [0.29, 0.717) is 18.5 Å². The molecule has 1 aliphatic heterocycles. The third-order valence-electron chi connectivity index (χ3n) is 6.94. The highest BCUT2D eigenvalue weighted by Crippen LogP contribution is 2.41. The number of hydrogen-bond donors (Lipinski definition) is 3. The summed E-state index contributed by atoms with van der Waals surface area (Å²) in [6.45, 7) is 10.4. The van der Waals surface area contributed by atoms with Crippen molar-refractivity contribution in [3.63, 3.8) is 0 Å². The predicted molar refractivity (Wildman–Crippen MR) is 128 cm³/mol. The van der Waals surface area contributed by atoms with Gasteiger partial charge in [-0.3, -0.25) is 14.7 Å². The van der Waals surface area contributed by atoms with E-state index in [1.807, 2.05) is 0 Å². The van der Waals surface area contributed by atoms with Crippen LogP contribution < -0.4 is 16.4 Å². The number of amides is 1. The van der Waals surface area contributed by atoms with Crippen LogP contribution in [0.1, 0.15) is 76.3 Å². The first-order valence-electron chi connectivity index (χ1n) is 12.1. The number of nitrogens with one attached hydrogen (secondary N) is 2. The molecule has 2 fully saturated rings. The molecular weight excluding hydrogens is 386 g/mol. The molecule has 1 aliphatic carbocycles. The van der Waals surface area contributed by atoms with Crippen LogP contribution in [0.15, 0.2) is 29.3 Å². The van der Waals surface area contributed by atoms with Crippen molar-refractivity contribution in [2.45, 2.75) is 76.7 Å². The molecule has 0 radical (unpaired) electrons. The number of aliphatic imine (C=N–C) groups is 1. The Kier molecular flexibility index (Phi) is 8.35. The van der Waals surface area contributed by atoms with Crippen LogP contribution in [0, 0.1) is 0 Å². The van der Waals surface area contributed by atoms with Gasteiger partial charge in [-0.15, -0.1) is 0 Å². The van der Waals surface area contributed by atoms with Crippen molar-refractivity contribution in [3.8, 4) is 0 Å². The van der Waals surface area contributed by atoms with E-state index in [2.05, 4.69) is 60.6 Å². The second-order valence-corrected chi connectivity index (χ2v) is 9.62. The number of nitrogens with zero attached hydrogens (tertiary/aromatic N) is 2. The quantitative estimate of drug-likeness (QED) is 0.440. The molecule has 1 aromatic rings. The van der Waals surface area contributed by atoms with E-state index in [-0.39, 0.29) is 11.3 Å². The summed E-state index contributed by atoms with van der Waals surface area (Å²) < 4.78 is 0. The van der Waals surface area contributed by atoms with E-state index in [0.717, 1.165) is 45.0 Å². The molecule has 1 saturated carbocycles. The molecule has 0 aromatic heterocycles. The fourth-order valence-corrected chi connectivity index (χ4v) is 5.01. The lowest BCUT2D eigenvalue weighted by Gasteiger charge is -2.33. The Morgan fingerprint density at radius 2 is 1.84 bits per heavy atom. The molecule has 1 amide bonds. The van der Waals surface area contributed by atoms with Crippen LogP contribution in [0.4, 0.5) is 0 Å². The van der Waals surface area contributed by atoms with Crippen molar-refractivity contribution >= 4 is 11.9 Å². The van der Waals surface area contributed by atoms with Crippen LogP contribution in [-0.4, -0.2) is 55.5 Å². The summed E-state index contributed by atoms with van der Waals surface area (Å²) in [7, 11) is 0. The van der Waals surface area contributed by atoms with Gasteiger partial charge in [0, 0.05) is 31.1 Å². The van der Waals surface area contributed by atoms with Gasteiger partial charge in [-0.2, -0.15) is 0 Å². The molecule has 2 aliphatic rings. The molecule has 4 N–H and O–H groups in total. The number of primary amides is 1. The highest BCUT2D eigenvalue weighted by atomic mass is 16.1. The van der Waals surface area contributed by atoms with Crippen LogP contribution >= 0.6 is 0 Å². The summed E-state index contributed by atoms with van der Waals surface area (Å²) >= 11 is 0. The third-order valence-corrected chi connectivity index (χ3v) is 6.94. The molecule has 6 nitrogen and oxygen atoms in total. The van der Waals surface area contributed by atoms with Gasteiger partial charge in [0.25, 0.3) is 0 Å². The van der Waals surface area contributed by atoms with Crippen LogP contribution in [0.5, 0.6) is 0 Å². The predicted octanol–water partition coefficient (Wildman–Crippen LogP) is 3.13.